The highest BCUT2D eigenvalue weighted by Gasteiger charge is 2.25. The maximum atomic E-state index is 12.4. The second kappa shape index (κ2) is 10.1. The SMILES string of the molecule is COc1cc(/C=C2\N=C(c3ccccc3Cl)OC2=O)cc(I)c1OCc1ccc(Br)cc1. The molecule has 0 aliphatic carbocycles. The van der Waals surface area contributed by atoms with Gasteiger partial charge in [-0.05, 0) is 76.2 Å². The minimum absolute atomic E-state index is 0.182. The molecule has 0 radical (unpaired) electrons. The van der Waals surface area contributed by atoms with Crippen molar-refractivity contribution in [1.29, 1.82) is 0 Å². The van der Waals surface area contributed by atoms with E-state index in [9.17, 15) is 4.79 Å². The van der Waals surface area contributed by atoms with E-state index in [0.29, 0.717) is 28.7 Å². The van der Waals surface area contributed by atoms with Crippen LogP contribution in [0.5, 0.6) is 11.5 Å². The molecule has 0 saturated heterocycles. The lowest BCUT2D eigenvalue weighted by Gasteiger charge is -2.14. The molecular formula is C24H16BrClINO4. The molecule has 8 heteroatoms. The number of carbonyl (C=O) groups is 1. The first-order chi connectivity index (χ1) is 15.4. The monoisotopic (exact) mass is 623 g/mol. The molecule has 162 valence electrons. The Labute approximate surface area is 212 Å². The molecule has 32 heavy (non-hydrogen) atoms. The number of benzene rings is 3. The average molecular weight is 625 g/mol. The Bertz CT molecular complexity index is 1240. The fraction of sp³-hybridized carbons (Fsp3) is 0.0833. The summed E-state index contributed by atoms with van der Waals surface area (Å²) in [5.41, 5.74) is 2.52. The summed E-state index contributed by atoms with van der Waals surface area (Å²) in [5, 5.41) is 0.462. The standard InChI is InChI=1S/C24H16BrClINO4/c1-30-21-12-15(10-19(27)22(21)31-13-14-6-8-16(25)9-7-14)11-20-24(29)32-23(28-20)17-4-2-3-5-18(17)26/h2-12H,13H2,1H3/b20-11-. The van der Waals surface area contributed by atoms with Gasteiger partial charge < -0.3 is 14.2 Å². The van der Waals surface area contributed by atoms with Crippen molar-refractivity contribution in [3.05, 3.63) is 96.1 Å². The van der Waals surface area contributed by atoms with Gasteiger partial charge in [0.05, 0.1) is 21.3 Å². The Morgan fingerprint density at radius 1 is 1.16 bits per heavy atom. The molecule has 1 heterocycles. The van der Waals surface area contributed by atoms with Gasteiger partial charge >= 0.3 is 5.97 Å². The molecule has 0 bridgehead atoms. The van der Waals surface area contributed by atoms with Gasteiger partial charge in [-0.3, -0.25) is 0 Å². The molecule has 4 rings (SSSR count). The van der Waals surface area contributed by atoms with Gasteiger partial charge in [0.25, 0.3) is 0 Å². The van der Waals surface area contributed by atoms with Gasteiger partial charge in [0, 0.05) is 4.47 Å². The highest BCUT2D eigenvalue weighted by atomic mass is 127. The summed E-state index contributed by atoms with van der Waals surface area (Å²) in [5.74, 6) is 0.836. The predicted molar refractivity (Wildman–Crippen MR) is 136 cm³/mol. The number of hydrogen-bond acceptors (Lipinski definition) is 5. The Morgan fingerprint density at radius 3 is 2.62 bits per heavy atom. The zero-order valence-electron chi connectivity index (χ0n) is 16.8. The highest BCUT2D eigenvalue weighted by molar-refractivity contribution is 14.1. The van der Waals surface area contributed by atoms with E-state index in [2.05, 4.69) is 43.5 Å². The molecule has 0 spiro atoms. The van der Waals surface area contributed by atoms with Crippen LogP contribution >= 0.6 is 50.1 Å². The summed E-state index contributed by atoms with van der Waals surface area (Å²) in [6.07, 6.45) is 1.65. The Balaban J connectivity index is 1.59. The minimum atomic E-state index is -0.538. The van der Waals surface area contributed by atoms with Gasteiger partial charge in [-0.2, -0.15) is 0 Å². The number of cyclic esters (lactones) is 1. The van der Waals surface area contributed by atoms with E-state index in [-0.39, 0.29) is 11.6 Å². The predicted octanol–water partition coefficient (Wildman–Crippen LogP) is 6.64. The molecule has 3 aromatic carbocycles. The lowest BCUT2D eigenvalue weighted by atomic mass is 10.1. The van der Waals surface area contributed by atoms with Crippen molar-refractivity contribution in [2.75, 3.05) is 7.11 Å². The number of aliphatic imine (C=N–C) groups is 1. The normalized spacial score (nSPS) is 14.3. The van der Waals surface area contributed by atoms with Crippen molar-refractivity contribution in [3.8, 4) is 11.5 Å². The Kier molecular flexibility index (Phi) is 7.17. The van der Waals surface area contributed by atoms with Gasteiger partial charge in [0.1, 0.15) is 6.61 Å². The lowest BCUT2D eigenvalue weighted by molar-refractivity contribution is -0.129. The molecule has 5 nitrogen and oxygen atoms in total. The number of rotatable bonds is 6. The quantitative estimate of drug-likeness (QED) is 0.175. The topological polar surface area (TPSA) is 57.1 Å². The number of ether oxygens (including phenoxy) is 3. The first-order valence-corrected chi connectivity index (χ1v) is 11.7. The van der Waals surface area contributed by atoms with Gasteiger partial charge in [0.2, 0.25) is 5.90 Å². The highest BCUT2D eigenvalue weighted by Crippen LogP contribution is 2.36. The van der Waals surface area contributed by atoms with E-state index in [1.54, 1.807) is 43.5 Å². The maximum Gasteiger partial charge on any atom is 0.363 e. The largest absolute Gasteiger partial charge is 0.493 e. The van der Waals surface area contributed by atoms with Crippen molar-refractivity contribution >= 4 is 68.1 Å². The van der Waals surface area contributed by atoms with Crippen molar-refractivity contribution in [2.24, 2.45) is 4.99 Å². The summed E-state index contributed by atoms with van der Waals surface area (Å²) in [4.78, 5) is 16.7. The van der Waals surface area contributed by atoms with E-state index < -0.39 is 5.97 Å². The molecule has 3 aromatic rings. The van der Waals surface area contributed by atoms with E-state index in [1.165, 1.54) is 0 Å². The van der Waals surface area contributed by atoms with E-state index in [4.69, 9.17) is 25.8 Å². The van der Waals surface area contributed by atoms with Crippen molar-refractivity contribution < 1.29 is 19.0 Å². The molecule has 0 saturated carbocycles. The summed E-state index contributed by atoms with van der Waals surface area (Å²) >= 11 is 11.8. The van der Waals surface area contributed by atoms with Gasteiger partial charge in [-0.25, -0.2) is 9.79 Å². The third-order valence-corrected chi connectivity index (χ3v) is 6.24. The second-order valence-electron chi connectivity index (χ2n) is 6.77. The number of halogens is 3. The summed E-state index contributed by atoms with van der Waals surface area (Å²) < 4.78 is 18.7. The number of hydrogen-bond donors (Lipinski definition) is 0. The first-order valence-electron chi connectivity index (χ1n) is 9.47. The van der Waals surface area contributed by atoms with Crippen LogP contribution < -0.4 is 9.47 Å². The Morgan fingerprint density at radius 2 is 1.91 bits per heavy atom. The van der Waals surface area contributed by atoms with Gasteiger partial charge in [-0.1, -0.05) is 51.8 Å². The van der Waals surface area contributed by atoms with Crippen LogP contribution in [0, 0.1) is 3.57 Å². The molecule has 1 aliphatic heterocycles. The third-order valence-electron chi connectivity index (χ3n) is 4.58. The molecule has 0 amide bonds. The molecule has 0 fully saturated rings. The van der Waals surface area contributed by atoms with E-state index in [0.717, 1.165) is 19.2 Å². The number of esters is 1. The fourth-order valence-electron chi connectivity index (χ4n) is 3.02. The zero-order valence-corrected chi connectivity index (χ0v) is 21.3. The average Bonchev–Trinajstić information content (AvgIpc) is 3.14. The van der Waals surface area contributed by atoms with Crippen LogP contribution in [0.4, 0.5) is 0 Å². The van der Waals surface area contributed by atoms with Crippen molar-refractivity contribution in [2.45, 2.75) is 6.61 Å². The smallest absolute Gasteiger partial charge is 0.363 e. The fourth-order valence-corrected chi connectivity index (χ4v) is 4.28. The summed E-state index contributed by atoms with van der Waals surface area (Å²) in [6.45, 7) is 0.401. The molecule has 0 N–H and O–H groups in total. The first kappa shape index (κ1) is 22.8. The van der Waals surface area contributed by atoms with Crippen LogP contribution in [-0.4, -0.2) is 19.0 Å². The van der Waals surface area contributed by atoms with Gasteiger partial charge in [0.15, 0.2) is 17.2 Å². The molecule has 0 atom stereocenters. The van der Waals surface area contributed by atoms with E-state index in [1.807, 2.05) is 30.3 Å². The van der Waals surface area contributed by atoms with Crippen LogP contribution in [0.1, 0.15) is 16.7 Å². The van der Waals surface area contributed by atoms with Crippen LogP contribution in [0.15, 0.2) is 75.8 Å². The Hall–Kier alpha value is -2.36. The molecule has 0 aromatic heterocycles. The van der Waals surface area contributed by atoms with E-state index >= 15 is 0 Å². The number of carbonyl (C=O) groups excluding carboxylic acids is 1. The third kappa shape index (κ3) is 5.16. The van der Waals surface area contributed by atoms with Crippen molar-refractivity contribution in [1.82, 2.24) is 0 Å². The number of methoxy groups -OCH3 is 1. The summed E-state index contributed by atoms with van der Waals surface area (Å²) in [7, 11) is 1.58. The van der Waals surface area contributed by atoms with Gasteiger partial charge in [-0.15, -0.1) is 0 Å². The lowest BCUT2D eigenvalue weighted by Crippen LogP contribution is -2.05. The summed E-state index contributed by atoms with van der Waals surface area (Å²) in [6, 6.07) is 18.7. The second-order valence-corrected chi connectivity index (χ2v) is 9.25. The van der Waals surface area contributed by atoms with Crippen LogP contribution in [0.2, 0.25) is 5.02 Å². The van der Waals surface area contributed by atoms with Crippen LogP contribution in [0.3, 0.4) is 0 Å². The van der Waals surface area contributed by atoms with Crippen LogP contribution in [-0.2, 0) is 16.1 Å². The molecule has 1 aliphatic rings. The maximum absolute atomic E-state index is 12.4. The van der Waals surface area contributed by atoms with Crippen LogP contribution in [0.25, 0.3) is 6.08 Å². The molecule has 0 unspecified atom stereocenters. The minimum Gasteiger partial charge on any atom is -0.493 e. The zero-order chi connectivity index (χ0) is 22.7. The van der Waals surface area contributed by atoms with Crippen molar-refractivity contribution in [3.63, 3.8) is 0 Å². The number of nitrogens with zero attached hydrogens (tertiary/aromatic N) is 1. The molecular weight excluding hydrogens is 609 g/mol.